The van der Waals surface area contributed by atoms with E-state index in [0.29, 0.717) is 13.2 Å². The standard InChI is InChI=1S/C16H19N3O2/c1-3-20-15-5-12-4-11(2)21-16(12)6-13(15)7-19-14-8-17-10-18-9-14/h5-6,8-11,19H,3-4,7H2,1-2H3. The number of rotatable bonds is 5. The lowest BCUT2D eigenvalue weighted by molar-refractivity contribution is 0.254. The second kappa shape index (κ2) is 5.99. The molecule has 0 radical (unpaired) electrons. The van der Waals surface area contributed by atoms with E-state index in [1.807, 2.05) is 6.92 Å². The molecule has 2 heterocycles. The summed E-state index contributed by atoms with van der Waals surface area (Å²) in [6.45, 7) is 5.37. The molecule has 1 atom stereocenters. The van der Waals surface area contributed by atoms with Crippen LogP contribution >= 0.6 is 0 Å². The molecule has 1 unspecified atom stereocenters. The fourth-order valence-electron chi connectivity index (χ4n) is 2.50. The fourth-order valence-corrected chi connectivity index (χ4v) is 2.50. The number of aromatic nitrogens is 2. The van der Waals surface area contributed by atoms with Crippen molar-refractivity contribution in [3.05, 3.63) is 42.0 Å². The number of hydrogen-bond donors (Lipinski definition) is 1. The first-order valence-electron chi connectivity index (χ1n) is 7.20. The summed E-state index contributed by atoms with van der Waals surface area (Å²) in [5, 5.41) is 3.30. The molecule has 1 aromatic heterocycles. The van der Waals surface area contributed by atoms with Crippen LogP contribution in [0.2, 0.25) is 0 Å². The Balaban J connectivity index is 1.81. The van der Waals surface area contributed by atoms with Crippen LogP contribution in [0.15, 0.2) is 30.9 Å². The molecule has 5 nitrogen and oxygen atoms in total. The summed E-state index contributed by atoms with van der Waals surface area (Å²) < 4.78 is 11.6. The maximum absolute atomic E-state index is 5.82. The minimum atomic E-state index is 0.236. The van der Waals surface area contributed by atoms with E-state index in [9.17, 15) is 0 Å². The van der Waals surface area contributed by atoms with Crippen LogP contribution in [0.25, 0.3) is 0 Å². The lowest BCUT2D eigenvalue weighted by atomic mass is 10.1. The fraction of sp³-hybridized carbons (Fsp3) is 0.375. The van der Waals surface area contributed by atoms with Crippen molar-refractivity contribution < 1.29 is 9.47 Å². The summed E-state index contributed by atoms with van der Waals surface area (Å²) in [6, 6.07) is 4.17. The van der Waals surface area contributed by atoms with E-state index < -0.39 is 0 Å². The van der Waals surface area contributed by atoms with Gasteiger partial charge >= 0.3 is 0 Å². The Kier molecular flexibility index (Phi) is 3.90. The molecule has 1 aromatic carbocycles. The zero-order chi connectivity index (χ0) is 14.7. The number of nitrogens with one attached hydrogen (secondary N) is 1. The third-order valence-electron chi connectivity index (χ3n) is 3.42. The normalized spacial score (nSPS) is 16.2. The van der Waals surface area contributed by atoms with Gasteiger partial charge in [0, 0.05) is 24.1 Å². The van der Waals surface area contributed by atoms with Crippen molar-refractivity contribution in [3.63, 3.8) is 0 Å². The van der Waals surface area contributed by atoms with Crippen molar-refractivity contribution in [2.75, 3.05) is 11.9 Å². The lowest BCUT2D eigenvalue weighted by Crippen LogP contribution is -2.05. The molecule has 21 heavy (non-hydrogen) atoms. The lowest BCUT2D eigenvalue weighted by Gasteiger charge is -2.13. The van der Waals surface area contributed by atoms with Gasteiger partial charge in [-0.15, -0.1) is 0 Å². The van der Waals surface area contributed by atoms with Gasteiger partial charge in [0.25, 0.3) is 0 Å². The molecule has 3 rings (SSSR count). The largest absolute Gasteiger partial charge is 0.494 e. The van der Waals surface area contributed by atoms with Crippen LogP contribution in [0.3, 0.4) is 0 Å². The van der Waals surface area contributed by atoms with Crippen LogP contribution < -0.4 is 14.8 Å². The molecule has 0 amide bonds. The van der Waals surface area contributed by atoms with Gasteiger partial charge in [-0.05, 0) is 26.0 Å². The maximum Gasteiger partial charge on any atom is 0.124 e. The van der Waals surface area contributed by atoms with Gasteiger partial charge in [-0.25, -0.2) is 9.97 Å². The summed E-state index contributed by atoms with van der Waals surface area (Å²) in [5.74, 6) is 1.88. The molecule has 0 saturated carbocycles. The molecule has 0 fully saturated rings. The van der Waals surface area contributed by atoms with Crippen LogP contribution in [-0.2, 0) is 13.0 Å². The molecule has 0 spiro atoms. The Morgan fingerprint density at radius 2 is 2.14 bits per heavy atom. The molecule has 5 heteroatoms. The van der Waals surface area contributed by atoms with Gasteiger partial charge in [0.05, 0.1) is 24.7 Å². The van der Waals surface area contributed by atoms with Crippen LogP contribution in [0.5, 0.6) is 11.5 Å². The van der Waals surface area contributed by atoms with Gasteiger partial charge in [-0.2, -0.15) is 0 Å². The predicted octanol–water partition coefficient (Wildman–Crippen LogP) is 2.81. The van der Waals surface area contributed by atoms with Crippen molar-refractivity contribution in [3.8, 4) is 11.5 Å². The SMILES string of the molecule is CCOc1cc2c(cc1CNc1cncnc1)OC(C)C2. The average molecular weight is 285 g/mol. The minimum Gasteiger partial charge on any atom is -0.494 e. The highest BCUT2D eigenvalue weighted by Crippen LogP contribution is 2.35. The molecular formula is C16H19N3O2. The van der Waals surface area contributed by atoms with Gasteiger partial charge < -0.3 is 14.8 Å². The minimum absolute atomic E-state index is 0.236. The Hall–Kier alpha value is -2.30. The van der Waals surface area contributed by atoms with Gasteiger partial charge in [0.1, 0.15) is 23.9 Å². The van der Waals surface area contributed by atoms with Crippen molar-refractivity contribution in [1.29, 1.82) is 0 Å². The van der Waals surface area contributed by atoms with E-state index in [0.717, 1.165) is 29.2 Å². The van der Waals surface area contributed by atoms with E-state index in [1.165, 1.54) is 11.9 Å². The zero-order valence-electron chi connectivity index (χ0n) is 12.3. The Morgan fingerprint density at radius 1 is 1.33 bits per heavy atom. The first-order valence-corrected chi connectivity index (χ1v) is 7.20. The van der Waals surface area contributed by atoms with E-state index >= 15 is 0 Å². The molecule has 0 aliphatic carbocycles. The highest BCUT2D eigenvalue weighted by molar-refractivity contribution is 5.50. The number of benzene rings is 1. The van der Waals surface area contributed by atoms with Gasteiger partial charge in [-0.3, -0.25) is 0 Å². The highest BCUT2D eigenvalue weighted by Gasteiger charge is 2.21. The van der Waals surface area contributed by atoms with Crippen LogP contribution in [0.4, 0.5) is 5.69 Å². The Morgan fingerprint density at radius 3 is 2.90 bits per heavy atom. The molecule has 1 N–H and O–H groups in total. The molecule has 1 aliphatic rings. The number of ether oxygens (including phenoxy) is 2. The monoisotopic (exact) mass is 285 g/mol. The topological polar surface area (TPSA) is 56.3 Å². The van der Waals surface area contributed by atoms with Crippen LogP contribution in [0, 0.1) is 0 Å². The molecule has 0 bridgehead atoms. The van der Waals surface area contributed by atoms with E-state index in [2.05, 4.69) is 34.3 Å². The van der Waals surface area contributed by atoms with Crippen molar-refractivity contribution in [1.82, 2.24) is 9.97 Å². The van der Waals surface area contributed by atoms with Gasteiger partial charge in [-0.1, -0.05) is 0 Å². The maximum atomic E-state index is 5.82. The molecule has 1 aliphatic heterocycles. The van der Waals surface area contributed by atoms with Crippen LogP contribution in [0.1, 0.15) is 25.0 Å². The number of hydrogen-bond acceptors (Lipinski definition) is 5. The summed E-state index contributed by atoms with van der Waals surface area (Å²) in [4.78, 5) is 7.99. The first kappa shape index (κ1) is 13.7. The highest BCUT2D eigenvalue weighted by atomic mass is 16.5. The zero-order valence-corrected chi connectivity index (χ0v) is 12.3. The number of nitrogens with zero attached hydrogens (tertiary/aromatic N) is 2. The quantitative estimate of drug-likeness (QED) is 0.915. The molecule has 2 aromatic rings. The smallest absolute Gasteiger partial charge is 0.124 e. The number of anilines is 1. The second-order valence-corrected chi connectivity index (χ2v) is 5.11. The van der Waals surface area contributed by atoms with Crippen molar-refractivity contribution >= 4 is 5.69 Å². The summed E-state index contributed by atoms with van der Waals surface area (Å²) in [6.07, 6.45) is 6.19. The summed E-state index contributed by atoms with van der Waals surface area (Å²) >= 11 is 0. The van der Waals surface area contributed by atoms with Gasteiger partial charge in [0.15, 0.2) is 0 Å². The average Bonchev–Trinajstić information content (AvgIpc) is 2.85. The van der Waals surface area contributed by atoms with Crippen LogP contribution in [-0.4, -0.2) is 22.7 Å². The summed E-state index contributed by atoms with van der Waals surface area (Å²) in [7, 11) is 0. The van der Waals surface area contributed by atoms with E-state index in [4.69, 9.17) is 9.47 Å². The Labute approximate surface area is 124 Å². The van der Waals surface area contributed by atoms with Crippen molar-refractivity contribution in [2.24, 2.45) is 0 Å². The third kappa shape index (κ3) is 3.07. The third-order valence-corrected chi connectivity index (χ3v) is 3.42. The van der Waals surface area contributed by atoms with E-state index in [1.54, 1.807) is 12.4 Å². The number of fused-ring (bicyclic) bond motifs is 1. The molecule has 0 saturated heterocycles. The molecule has 110 valence electrons. The van der Waals surface area contributed by atoms with E-state index in [-0.39, 0.29) is 6.10 Å². The first-order chi connectivity index (χ1) is 10.3. The van der Waals surface area contributed by atoms with Gasteiger partial charge in [0.2, 0.25) is 0 Å². The predicted molar refractivity (Wildman–Crippen MR) is 80.8 cm³/mol. The second-order valence-electron chi connectivity index (χ2n) is 5.11. The molecular weight excluding hydrogens is 266 g/mol. The van der Waals surface area contributed by atoms with Crippen molar-refractivity contribution in [2.45, 2.75) is 32.9 Å². The Bertz CT molecular complexity index is 616. The summed E-state index contributed by atoms with van der Waals surface area (Å²) in [5.41, 5.74) is 3.18.